The van der Waals surface area contributed by atoms with Crippen molar-refractivity contribution in [1.82, 2.24) is 20.0 Å². The van der Waals surface area contributed by atoms with E-state index in [2.05, 4.69) is 33.5 Å². The van der Waals surface area contributed by atoms with Gasteiger partial charge in [-0.2, -0.15) is 0 Å². The first-order chi connectivity index (χ1) is 16.1. The lowest BCUT2D eigenvalue weighted by atomic mass is 10.1. The first-order valence-electron chi connectivity index (χ1n) is 10.4. The van der Waals surface area contributed by atoms with Gasteiger partial charge in [0.25, 0.3) is 0 Å². The molecule has 0 saturated heterocycles. The number of halogens is 1. The average Bonchev–Trinajstić information content (AvgIpc) is 3.45. The van der Waals surface area contributed by atoms with Crippen LogP contribution in [-0.4, -0.2) is 20.0 Å². The quantitative estimate of drug-likeness (QED) is 0.345. The molecule has 6 nitrogen and oxygen atoms in total. The van der Waals surface area contributed by atoms with Crippen molar-refractivity contribution in [3.05, 3.63) is 112 Å². The van der Waals surface area contributed by atoms with Gasteiger partial charge in [0, 0.05) is 39.5 Å². The molecular formula is C26H17ClN4O2. The van der Waals surface area contributed by atoms with Gasteiger partial charge in [-0.05, 0) is 35.9 Å². The Labute approximate surface area is 193 Å². The number of fused-ring (bicyclic) bond motifs is 2. The first kappa shape index (κ1) is 19.5. The molecule has 33 heavy (non-hydrogen) atoms. The average molecular weight is 453 g/mol. The van der Waals surface area contributed by atoms with Gasteiger partial charge >= 0.3 is 5.63 Å². The lowest BCUT2D eigenvalue weighted by Gasteiger charge is -2.03. The second kappa shape index (κ2) is 7.76. The van der Waals surface area contributed by atoms with Crippen LogP contribution in [0.5, 0.6) is 0 Å². The smallest absolute Gasteiger partial charge is 0.336 e. The minimum Gasteiger partial charge on any atom is -0.420 e. The number of hydrogen-bond acceptors (Lipinski definition) is 4. The van der Waals surface area contributed by atoms with Crippen LogP contribution in [0.3, 0.4) is 0 Å². The van der Waals surface area contributed by atoms with Crippen molar-refractivity contribution in [2.24, 2.45) is 0 Å². The fraction of sp³-hybridized carbons (Fsp3) is 0.0385. The van der Waals surface area contributed by atoms with E-state index < -0.39 is 5.63 Å². The minimum absolute atomic E-state index is 0.404. The maximum Gasteiger partial charge on any atom is 0.336 e. The van der Waals surface area contributed by atoms with Crippen molar-refractivity contribution in [1.29, 1.82) is 0 Å². The van der Waals surface area contributed by atoms with Crippen LogP contribution in [0.1, 0.15) is 11.3 Å². The van der Waals surface area contributed by atoms with E-state index in [-0.39, 0.29) is 0 Å². The number of hydrogen-bond donors (Lipinski definition) is 1. The Balaban J connectivity index is 1.41. The van der Waals surface area contributed by atoms with Crippen LogP contribution in [0.2, 0.25) is 5.02 Å². The third-order valence-corrected chi connectivity index (χ3v) is 5.87. The van der Waals surface area contributed by atoms with Crippen LogP contribution in [0, 0.1) is 0 Å². The topological polar surface area (TPSA) is 76.7 Å². The zero-order chi connectivity index (χ0) is 22.4. The number of aromatic nitrogens is 4. The Morgan fingerprint density at radius 1 is 0.939 bits per heavy atom. The number of para-hydroxylation sites is 2. The summed E-state index contributed by atoms with van der Waals surface area (Å²) in [5.74, 6) is 0. The van der Waals surface area contributed by atoms with E-state index in [1.54, 1.807) is 10.7 Å². The van der Waals surface area contributed by atoms with Gasteiger partial charge in [0.2, 0.25) is 0 Å². The summed E-state index contributed by atoms with van der Waals surface area (Å²) < 4.78 is 7.08. The molecule has 0 unspecified atom stereocenters. The highest BCUT2D eigenvalue weighted by molar-refractivity contribution is 6.30. The molecule has 0 radical (unpaired) electrons. The van der Waals surface area contributed by atoms with Gasteiger partial charge in [-0.1, -0.05) is 59.3 Å². The molecule has 0 aliphatic heterocycles. The zero-order valence-corrected chi connectivity index (χ0v) is 18.1. The summed E-state index contributed by atoms with van der Waals surface area (Å²) in [4.78, 5) is 15.3. The second-order valence-corrected chi connectivity index (χ2v) is 8.31. The maximum atomic E-state index is 11.8. The van der Waals surface area contributed by atoms with Crippen molar-refractivity contribution < 1.29 is 4.42 Å². The summed E-state index contributed by atoms with van der Waals surface area (Å²) >= 11 is 6.14. The third-order valence-electron chi connectivity index (χ3n) is 5.64. The van der Waals surface area contributed by atoms with E-state index in [4.69, 9.17) is 16.0 Å². The summed E-state index contributed by atoms with van der Waals surface area (Å²) in [7, 11) is 0. The Kier molecular flexibility index (Phi) is 4.59. The molecule has 1 N–H and O–H groups in total. The van der Waals surface area contributed by atoms with Crippen molar-refractivity contribution >= 4 is 33.5 Å². The summed E-state index contributed by atoms with van der Waals surface area (Å²) in [6.07, 6.45) is 2.59. The van der Waals surface area contributed by atoms with E-state index in [1.165, 1.54) is 6.07 Å². The van der Waals surface area contributed by atoms with Gasteiger partial charge in [0.05, 0.1) is 11.7 Å². The summed E-state index contributed by atoms with van der Waals surface area (Å²) in [5.41, 5.74) is 5.60. The molecule has 0 amide bonds. The monoisotopic (exact) mass is 452 g/mol. The molecule has 0 spiro atoms. The van der Waals surface area contributed by atoms with Gasteiger partial charge in [0.15, 0.2) is 5.58 Å². The number of rotatable bonds is 4. The van der Waals surface area contributed by atoms with Crippen LogP contribution in [-0.2, 0) is 6.42 Å². The normalized spacial score (nSPS) is 11.4. The SMILES string of the molecule is O=c1ccc2cccc(-n3cc(-c4cccc5cc(Cc6cccc(Cl)c6)[nH]c45)nn3)c2o1. The molecule has 6 rings (SSSR count). The van der Waals surface area contributed by atoms with E-state index in [1.807, 2.05) is 54.7 Å². The molecule has 6 aromatic rings. The molecule has 0 fully saturated rings. The zero-order valence-electron chi connectivity index (χ0n) is 17.3. The van der Waals surface area contributed by atoms with E-state index >= 15 is 0 Å². The van der Waals surface area contributed by atoms with E-state index in [0.29, 0.717) is 17.0 Å². The number of benzene rings is 3. The lowest BCUT2D eigenvalue weighted by molar-refractivity contribution is 0.557. The number of H-pyrrole nitrogens is 1. The molecule has 0 atom stereocenters. The predicted octanol–water partition coefficient (Wildman–Crippen LogP) is 5.77. The molecule has 3 heterocycles. The Morgan fingerprint density at radius 2 is 1.79 bits per heavy atom. The summed E-state index contributed by atoms with van der Waals surface area (Å²) in [6.45, 7) is 0. The van der Waals surface area contributed by atoms with Crippen LogP contribution in [0.15, 0.2) is 94.3 Å². The van der Waals surface area contributed by atoms with Crippen molar-refractivity contribution in [3.8, 4) is 16.9 Å². The molecule has 3 aromatic carbocycles. The van der Waals surface area contributed by atoms with Crippen LogP contribution >= 0.6 is 11.6 Å². The molecule has 0 bridgehead atoms. The van der Waals surface area contributed by atoms with Crippen LogP contribution in [0.25, 0.3) is 38.8 Å². The third kappa shape index (κ3) is 3.60. The highest BCUT2D eigenvalue weighted by Crippen LogP contribution is 2.29. The Morgan fingerprint density at radius 3 is 2.70 bits per heavy atom. The molecule has 0 aliphatic carbocycles. The van der Waals surface area contributed by atoms with Gasteiger partial charge in [-0.25, -0.2) is 9.48 Å². The highest BCUT2D eigenvalue weighted by atomic mass is 35.5. The van der Waals surface area contributed by atoms with E-state index in [9.17, 15) is 4.79 Å². The van der Waals surface area contributed by atoms with Gasteiger partial charge in [-0.3, -0.25) is 0 Å². The number of nitrogens with zero attached hydrogens (tertiary/aromatic N) is 3. The maximum absolute atomic E-state index is 11.8. The van der Waals surface area contributed by atoms with Crippen molar-refractivity contribution in [2.75, 3.05) is 0 Å². The molecule has 7 heteroatoms. The van der Waals surface area contributed by atoms with Crippen molar-refractivity contribution in [3.63, 3.8) is 0 Å². The van der Waals surface area contributed by atoms with Gasteiger partial charge in [-0.15, -0.1) is 5.10 Å². The fourth-order valence-electron chi connectivity index (χ4n) is 4.15. The van der Waals surface area contributed by atoms with Crippen molar-refractivity contribution in [2.45, 2.75) is 6.42 Å². The lowest BCUT2D eigenvalue weighted by Crippen LogP contribution is -2.00. The van der Waals surface area contributed by atoms with Crippen LogP contribution < -0.4 is 5.63 Å². The Hall–Kier alpha value is -4.16. The molecule has 0 aliphatic rings. The molecule has 0 saturated carbocycles. The highest BCUT2D eigenvalue weighted by Gasteiger charge is 2.14. The fourth-order valence-corrected chi connectivity index (χ4v) is 4.37. The number of nitrogens with one attached hydrogen (secondary N) is 1. The standard InChI is InChI=1S/C26H17ClN4O2/c27-19-7-1-4-16(12-19)13-20-14-18-6-2-8-21(25(18)28-20)22-15-31(30-29-22)23-9-3-5-17-10-11-24(32)33-26(17)23/h1-12,14-15,28H,13H2. The Bertz CT molecular complexity index is 1700. The summed E-state index contributed by atoms with van der Waals surface area (Å²) in [5, 5.41) is 11.4. The van der Waals surface area contributed by atoms with Gasteiger partial charge in [0.1, 0.15) is 11.4 Å². The van der Waals surface area contributed by atoms with Gasteiger partial charge < -0.3 is 9.40 Å². The minimum atomic E-state index is -0.404. The number of aromatic amines is 1. The van der Waals surface area contributed by atoms with Crippen LogP contribution in [0.4, 0.5) is 0 Å². The second-order valence-electron chi connectivity index (χ2n) is 7.87. The predicted molar refractivity (Wildman–Crippen MR) is 129 cm³/mol. The molecular weight excluding hydrogens is 436 g/mol. The molecule has 160 valence electrons. The molecule has 3 aromatic heterocycles. The van der Waals surface area contributed by atoms with E-state index in [0.717, 1.165) is 44.6 Å². The summed E-state index contributed by atoms with van der Waals surface area (Å²) in [6, 6.07) is 24.9. The largest absolute Gasteiger partial charge is 0.420 e. The first-order valence-corrected chi connectivity index (χ1v) is 10.8.